The zero-order valence-corrected chi connectivity index (χ0v) is 14.0. The van der Waals surface area contributed by atoms with Gasteiger partial charge in [0.05, 0.1) is 6.67 Å². The average Bonchev–Trinajstić information content (AvgIpc) is 2.56. The van der Waals surface area contributed by atoms with E-state index in [0.717, 1.165) is 12.8 Å². The van der Waals surface area contributed by atoms with E-state index in [0.29, 0.717) is 32.6 Å². The van der Waals surface area contributed by atoms with Gasteiger partial charge in [0, 0.05) is 37.8 Å². The van der Waals surface area contributed by atoms with Crippen molar-refractivity contribution in [1.29, 1.82) is 0 Å². The third kappa shape index (κ3) is 5.45. The lowest BCUT2D eigenvalue weighted by Crippen LogP contribution is -2.53. The number of carbonyl (C=O) groups excluding carboxylic acids is 2. The van der Waals surface area contributed by atoms with Crippen LogP contribution in [0.5, 0.6) is 0 Å². The fraction of sp³-hybridized carbons (Fsp3) is 0.625. The molecule has 8 nitrogen and oxygen atoms in total. The number of carbonyl (C=O) groups is 2. The Morgan fingerprint density at radius 3 is 3.00 bits per heavy atom. The van der Waals surface area contributed by atoms with Crippen LogP contribution in [0.1, 0.15) is 32.6 Å². The Bertz CT molecular complexity index is 616. The third-order valence-corrected chi connectivity index (χ3v) is 3.97. The Morgan fingerprint density at radius 1 is 1.46 bits per heavy atom. The molecule has 0 bridgehead atoms. The number of amides is 2. The maximum absolute atomic E-state index is 12.0. The first kappa shape index (κ1) is 18.1. The van der Waals surface area contributed by atoms with Gasteiger partial charge in [-0.1, -0.05) is 13.3 Å². The number of hydrogen-bond acceptors (Lipinski definition) is 5. The molecule has 24 heavy (non-hydrogen) atoms. The summed E-state index contributed by atoms with van der Waals surface area (Å²) in [6.45, 7) is 3.46. The second kappa shape index (κ2) is 9.17. The summed E-state index contributed by atoms with van der Waals surface area (Å²) in [5, 5.41) is 10.0. The van der Waals surface area contributed by atoms with Crippen molar-refractivity contribution in [1.82, 2.24) is 25.3 Å². The van der Waals surface area contributed by atoms with Gasteiger partial charge in [0.2, 0.25) is 11.8 Å². The van der Waals surface area contributed by atoms with Gasteiger partial charge in [-0.3, -0.25) is 19.7 Å². The molecule has 2 rings (SSSR count). The summed E-state index contributed by atoms with van der Waals surface area (Å²) < 4.78 is 1.36. The Balaban J connectivity index is 1.66. The molecule has 2 N–H and O–H groups in total. The van der Waals surface area contributed by atoms with Crippen molar-refractivity contribution in [3.05, 3.63) is 28.7 Å². The summed E-state index contributed by atoms with van der Waals surface area (Å²) >= 11 is 0. The molecule has 1 atom stereocenters. The molecule has 1 aromatic heterocycles. The van der Waals surface area contributed by atoms with Gasteiger partial charge in [-0.2, -0.15) is 5.10 Å². The van der Waals surface area contributed by atoms with E-state index < -0.39 is 0 Å². The lowest BCUT2D eigenvalue weighted by molar-refractivity contribution is -0.139. The molecule has 1 saturated heterocycles. The molecule has 1 fully saturated rings. The standard InChI is InChI=1S/C16H25N5O3/c1-2-5-13-10-16(24)20(12-18-13)11-14(22)17-7-4-9-21-15(23)6-3-8-19-21/h3,6,8,13,18H,2,4-5,7,9-12H2,1H3,(H,17,22). The van der Waals surface area contributed by atoms with Crippen LogP contribution in [0.15, 0.2) is 23.1 Å². The molecule has 0 saturated carbocycles. The van der Waals surface area contributed by atoms with E-state index in [-0.39, 0.29) is 30.0 Å². The van der Waals surface area contributed by atoms with Gasteiger partial charge in [0.25, 0.3) is 5.56 Å². The van der Waals surface area contributed by atoms with E-state index in [1.807, 2.05) is 0 Å². The molecule has 8 heteroatoms. The fourth-order valence-electron chi connectivity index (χ4n) is 2.68. The van der Waals surface area contributed by atoms with Gasteiger partial charge in [0.1, 0.15) is 6.54 Å². The largest absolute Gasteiger partial charge is 0.354 e. The maximum Gasteiger partial charge on any atom is 0.266 e. The molecule has 0 aromatic carbocycles. The minimum absolute atomic E-state index is 0.0161. The van der Waals surface area contributed by atoms with Gasteiger partial charge in [-0.25, -0.2) is 4.68 Å². The Hall–Kier alpha value is -2.22. The van der Waals surface area contributed by atoms with Crippen LogP contribution >= 0.6 is 0 Å². The lowest BCUT2D eigenvalue weighted by Gasteiger charge is -2.32. The predicted molar refractivity (Wildman–Crippen MR) is 89.2 cm³/mol. The number of nitrogens with one attached hydrogen (secondary N) is 2. The Kier molecular flexibility index (Phi) is 6.92. The SMILES string of the molecule is CCCC1CC(=O)N(CC(=O)NCCCn2ncccc2=O)CN1. The molecule has 132 valence electrons. The minimum Gasteiger partial charge on any atom is -0.354 e. The fourth-order valence-corrected chi connectivity index (χ4v) is 2.68. The van der Waals surface area contributed by atoms with Crippen LogP contribution < -0.4 is 16.2 Å². The summed E-state index contributed by atoms with van der Waals surface area (Å²) in [4.78, 5) is 37.0. The Morgan fingerprint density at radius 2 is 2.29 bits per heavy atom. The van der Waals surface area contributed by atoms with Gasteiger partial charge < -0.3 is 10.2 Å². The quantitative estimate of drug-likeness (QED) is 0.636. The maximum atomic E-state index is 12.0. The van der Waals surface area contributed by atoms with Gasteiger partial charge in [0.15, 0.2) is 0 Å². The number of nitrogens with zero attached hydrogens (tertiary/aromatic N) is 3. The highest BCUT2D eigenvalue weighted by atomic mass is 16.2. The van der Waals surface area contributed by atoms with E-state index in [1.165, 1.54) is 15.6 Å². The van der Waals surface area contributed by atoms with Crippen LogP contribution in [0.3, 0.4) is 0 Å². The monoisotopic (exact) mass is 335 g/mol. The summed E-state index contributed by atoms with van der Waals surface area (Å²) in [6.07, 6.45) is 4.61. The smallest absolute Gasteiger partial charge is 0.266 e. The zero-order valence-electron chi connectivity index (χ0n) is 14.0. The molecule has 0 spiro atoms. The second-order valence-electron chi connectivity index (χ2n) is 5.93. The highest BCUT2D eigenvalue weighted by Crippen LogP contribution is 2.09. The first-order chi connectivity index (χ1) is 11.6. The first-order valence-electron chi connectivity index (χ1n) is 8.40. The van der Waals surface area contributed by atoms with E-state index in [2.05, 4.69) is 22.7 Å². The predicted octanol–water partition coefficient (Wildman–Crippen LogP) is -0.302. The average molecular weight is 335 g/mol. The second-order valence-corrected chi connectivity index (χ2v) is 5.93. The van der Waals surface area contributed by atoms with Crippen LogP contribution in [0, 0.1) is 0 Å². The summed E-state index contributed by atoms with van der Waals surface area (Å²) in [5.41, 5.74) is -0.157. The zero-order chi connectivity index (χ0) is 17.4. The molecule has 1 aliphatic rings. The van der Waals surface area contributed by atoms with E-state index >= 15 is 0 Å². The van der Waals surface area contributed by atoms with E-state index in [4.69, 9.17) is 0 Å². The van der Waals surface area contributed by atoms with Crippen molar-refractivity contribution in [2.75, 3.05) is 19.8 Å². The van der Waals surface area contributed by atoms with Crippen molar-refractivity contribution in [3.63, 3.8) is 0 Å². The van der Waals surface area contributed by atoms with Crippen molar-refractivity contribution < 1.29 is 9.59 Å². The number of rotatable bonds is 8. The molecule has 2 amide bonds. The summed E-state index contributed by atoms with van der Waals surface area (Å²) in [6, 6.07) is 3.26. The minimum atomic E-state index is -0.188. The molecular weight excluding hydrogens is 310 g/mol. The van der Waals surface area contributed by atoms with Crippen molar-refractivity contribution in [2.24, 2.45) is 0 Å². The van der Waals surface area contributed by atoms with Gasteiger partial charge in [-0.05, 0) is 18.9 Å². The van der Waals surface area contributed by atoms with E-state index in [1.54, 1.807) is 12.3 Å². The van der Waals surface area contributed by atoms with Crippen LogP contribution in [0.2, 0.25) is 0 Å². The highest BCUT2D eigenvalue weighted by Gasteiger charge is 2.25. The lowest BCUT2D eigenvalue weighted by atomic mass is 10.1. The summed E-state index contributed by atoms with van der Waals surface area (Å²) in [7, 11) is 0. The topological polar surface area (TPSA) is 96.3 Å². The van der Waals surface area contributed by atoms with Crippen molar-refractivity contribution in [2.45, 2.75) is 45.2 Å². The molecule has 1 aromatic rings. The van der Waals surface area contributed by atoms with Crippen molar-refractivity contribution >= 4 is 11.8 Å². The first-order valence-corrected chi connectivity index (χ1v) is 8.40. The van der Waals surface area contributed by atoms with E-state index in [9.17, 15) is 14.4 Å². The van der Waals surface area contributed by atoms with Gasteiger partial charge in [-0.15, -0.1) is 0 Å². The highest BCUT2D eigenvalue weighted by molar-refractivity contribution is 5.85. The number of aryl methyl sites for hydroxylation is 1. The Labute approximate surface area is 141 Å². The molecule has 1 aliphatic heterocycles. The van der Waals surface area contributed by atoms with Crippen LogP contribution in [-0.4, -0.2) is 52.3 Å². The number of aromatic nitrogens is 2. The van der Waals surface area contributed by atoms with Crippen LogP contribution in [0.4, 0.5) is 0 Å². The molecule has 2 heterocycles. The molecular formula is C16H25N5O3. The third-order valence-electron chi connectivity index (χ3n) is 3.97. The normalized spacial score (nSPS) is 17.8. The number of hydrogen-bond donors (Lipinski definition) is 2. The summed E-state index contributed by atoms with van der Waals surface area (Å²) in [5.74, 6) is -0.171. The molecule has 0 aliphatic carbocycles. The van der Waals surface area contributed by atoms with Crippen LogP contribution in [-0.2, 0) is 16.1 Å². The van der Waals surface area contributed by atoms with Crippen molar-refractivity contribution in [3.8, 4) is 0 Å². The molecule has 0 radical (unpaired) electrons. The van der Waals surface area contributed by atoms with Crippen LogP contribution in [0.25, 0.3) is 0 Å². The van der Waals surface area contributed by atoms with Gasteiger partial charge >= 0.3 is 0 Å². The molecule has 1 unspecified atom stereocenters.